The summed E-state index contributed by atoms with van der Waals surface area (Å²) in [4.78, 5) is 35.4. The van der Waals surface area contributed by atoms with E-state index in [1.165, 1.54) is 12.1 Å². The summed E-state index contributed by atoms with van der Waals surface area (Å²) in [6.45, 7) is 26.5. The molecule has 10 aromatic heterocycles. The largest absolute Gasteiger partial charge is 0.358 e. The number of aromatic amines is 4. The van der Waals surface area contributed by atoms with E-state index in [2.05, 4.69) is 94.2 Å². The number of pyridine rings is 4. The van der Waals surface area contributed by atoms with Gasteiger partial charge in [0.1, 0.15) is 11.4 Å². The molecular formula is C55H53F2N13S2. The summed E-state index contributed by atoms with van der Waals surface area (Å²) in [5.41, 5.74) is 12.7. The first-order valence-corrected chi connectivity index (χ1v) is 24.9. The van der Waals surface area contributed by atoms with Gasteiger partial charge in [0.05, 0.1) is 45.7 Å². The van der Waals surface area contributed by atoms with Crippen molar-refractivity contribution in [3.05, 3.63) is 161 Å². The summed E-state index contributed by atoms with van der Waals surface area (Å²) in [5.74, 6) is 1.65. The van der Waals surface area contributed by atoms with Crippen molar-refractivity contribution in [3.8, 4) is 43.9 Å². The zero-order valence-corrected chi connectivity index (χ0v) is 42.6. The number of rotatable bonds is 13. The van der Waals surface area contributed by atoms with Crippen molar-refractivity contribution in [2.45, 2.75) is 54.9 Å². The highest BCUT2D eigenvalue weighted by molar-refractivity contribution is 7.14. The topological polar surface area (TPSA) is 178 Å². The molecule has 364 valence electrons. The first-order chi connectivity index (χ1) is 34.9. The van der Waals surface area contributed by atoms with Gasteiger partial charge < -0.3 is 15.3 Å². The van der Waals surface area contributed by atoms with Crippen LogP contribution in [0.4, 0.5) is 14.5 Å². The standard InChI is InChI=1S/C29H28FN7S.C24H19FN6S.C2H6/c1-6-23-22(12-17(4)19-13-20(15-31-14-19)33-18(5)11-16(2)3)27(37-36-23)29-34-26-21(9-10-32-28(26)35-29)24-7-8-25(30)38-24;1-4-6-13(3)14(5-2)17-11-16-18(12-27-17)30-31-22(16)24-28-21-15(9-10-26-23(21)29-24)19-7-8-20(25)32-19;1-2/h6-10,12-16,33,36H,4-5,11H2,1-3H3,(H,32,34,35);4-12H,1H2,2-3H3,(H,30,31)(H,26,28,29);1-2H3/b22-12+,23-6+;13-6-,14-5+;. The molecule has 10 aromatic rings. The van der Waals surface area contributed by atoms with Crippen molar-refractivity contribution in [1.29, 1.82) is 0 Å². The molecule has 13 nitrogen and oxygen atoms in total. The monoisotopic (exact) mass is 997 g/mol. The highest BCUT2D eigenvalue weighted by Gasteiger charge is 2.19. The zero-order chi connectivity index (χ0) is 51.1. The maximum Gasteiger partial charge on any atom is 0.178 e. The fraction of sp³-hybridized carbons (Fsp3) is 0.164. The minimum atomic E-state index is -0.242. The van der Waals surface area contributed by atoms with Crippen LogP contribution in [-0.2, 0) is 0 Å². The van der Waals surface area contributed by atoms with Crippen molar-refractivity contribution in [2.75, 3.05) is 5.32 Å². The van der Waals surface area contributed by atoms with Crippen LogP contribution in [0, 0.1) is 16.2 Å². The molecule has 17 heteroatoms. The normalized spacial score (nSPS) is 12.4. The Bertz CT molecular complexity index is 3800. The number of imidazole rings is 2. The lowest BCUT2D eigenvalue weighted by Crippen LogP contribution is -2.23. The summed E-state index contributed by atoms with van der Waals surface area (Å²) in [6, 6.07) is 14.1. The lowest BCUT2D eigenvalue weighted by atomic mass is 10.0. The number of allylic oxidation sites excluding steroid dienone is 7. The summed E-state index contributed by atoms with van der Waals surface area (Å²) in [6.07, 6.45) is 19.2. The molecule has 0 spiro atoms. The third kappa shape index (κ3) is 10.7. The first-order valence-electron chi connectivity index (χ1n) is 23.2. The van der Waals surface area contributed by atoms with Gasteiger partial charge in [-0.05, 0) is 104 Å². The number of anilines is 1. The number of aromatic nitrogens is 12. The predicted octanol–water partition coefficient (Wildman–Crippen LogP) is 13.2. The van der Waals surface area contributed by atoms with E-state index in [9.17, 15) is 8.78 Å². The van der Waals surface area contributed by atoms with Crippen LogP contribution in [0.25, 0.3) is 100 Å². The SMILES string of the molecule is C=C(CC(C)C)Nc1cncc(C(=C)/C=c2/c(-c3nc4nccc(-c5ccc(F)s5)c4[nH]3)n[nH]/c2=C/C)c1.C=C/C=C(C)\C(=C/C)c1cc2c(-c3nc4nccc(-c5ccc(F)s5)c4[nH]3)n[nH]c2cn1.CC. The molecule has 10 rings (SSSR count). The highest BCUT2D eigenvalue weighted by Crippen LogP contribution is 2.35. The molecule has 0 atom stereocenters. The third-order valence-corrected chi connectivity index (χ3v) is 13.1. The molecule has 10 heterocycles. The molecule has 0 saturated heterocycles. The maximum atomic E-state index is 13.7. The van der Waals surface area contributed by atoms with Crippen LogP contribution in [0.3, 0.4) is 0 Å². The molecule has 5 N–H and O–H groups in total. The summed E-state index contributed by atoms with van der Waals surface area (Å²) in [5, 5.41) is 20.6. The summed E-state index contributed by atoms with van der Waals surface area (Å²) >= 11 is 2.17. The number of thiophene rings is 2. The molecule has 0 amide bonds. The Balaban J connectivity index is 0.000000189. The molecule has 0 bridgehead atoms. The lowest BCUT2D eigenvalue weighted by Gasteiger charge is -2.12. The van der Waals surface area contributed by atoms with Crippen LogP contribution in [0.1, 0.15) is 66.1 Å². The number of hydrogen-bond donors (Lipinski definition) is 5. The van der Waals surface area contributed by atoms with Crippen molar-refractivity contribution < 1.29 is 8.78 Å². The van der Waals surface area contributed by atoms with E-state index in [0.717, 1.165) is 122 Å². The molecule has 0 aliphatic carbocycles. The number of hydrogen-bond acceptors (Lipinski definition) is 11. The fourth-order valence-corrected chi connectivity index (χ4v) is 9.59. The maximum absolute atomic E-state index is 13.7. The zero-order valence-electron chi connectivity index (χ0n) is 40.9. The van der Waals surface area contributed by atoms with Crippen molar-refractivity contribution in [1.82, 2.24) is 60.3 Å². The second-order valence-electron chi connectivity index (χ2n) is 16.6. The summed E-state index contributed by atoms with van der Waals surface area (Å²) < 4.78 is 27.3. The van der Waals surface area contributed by atoms with Crippen LogP contribution in [-0.4, -0.2) is 60.3 Å². The Morgan fingerprint density at radius 3 is 1.99 bits per heavy atom. The Labute approximate surface area is 422 Å². The molecule has 0 radical (unpaired) electrons. The van der Waals surface area contributed by atoms with Gasteiger partial charge in [-0.1, -0.05) is 71.7 Å². The number of nitrogens with one attached hydrogen (secondary N) is 5. The van der Waals surface area contributed by atoms with Crippen LogP contribution < -0.4 is 15.9 Å². The molecule has 0 aliphatic heterocycles. The van der Waals surface area contributed by atoms with Crippen molar-refractivity contribution >= 4 is 84.9 Å². The molecule has 0 aliphatic rings. The molecule has 0 aromatic carbocycles. The van der Waals surface area contributed by atoms with Crippen molar-refractivity contribution in [2.24, 2.45) is 5.92 Å². The van der Waals surface area contributed by atoms with E-state index in [1.54, 1.807) is 49.2 Å². The van der Waals surface area contributed by atoms with E-state index >= 15 is 0 Å². The van der Waals surface area contributed by atoms with Crippen LogP contribution >= 0.6 is 22.7 Å². The van der Waals surface area contributed by atoms with Crippen LogP contribution in [0.5, 0.6) is 0 Å². The van der Waals surface area contributed by atoms with E-state index in [4.69, 9.17) is 4.98 Å². The van der Waals surface area contributed by atoms with Gasteiger partial charge in [0.2, 0.25) is 0 Å². The van der Waals surface area contributed by atoms with E-state index in [-0.39, 0.29) is 10.3 Å². The average molecular weight is 998 g/mol. The molecular weight excluding hydrogens is 945 g/mol. The van der Waals surface area contributed by atoms with Gasteiger partial charge in [-0.3, -0.25) is 20.2 Å². The Morgan fingerprint density at radius 1 is 0.792 bits per heavy atom. The number of H-pyrrole nitrogens is 4. The quantitative estimate of drug-likeness (QED) is 0.0703. The van der Waals surface area contributed by atoms with Crippen LogP contribution in [0.2, 0.25) is 0 Å². The second-order valence-corrected chi connectivity index (χ2v) is 18.7. The predicted molar refractivity (Wildman–Crippen MR) is 293 cm³/mol. The van der Waals surface area contributed by atoms with Gasteiger partial charge in [-0.25, -0.2) is 19.9 Å². The van der Waals surface area contributed by atoms with E-state index < -0.39 is 0 Å². The van der Waals surface area contributed by atoms with Gasteiger partial charge in [0.25, 0.3) is 0 Å². The third-order valence-electron chi connectivity index (χ3n) is 11.2. The van der Waals surface area contributed by atoms with E-state index in [0.29, 0.717) is 40.2 Å². The Kier molecular flexibility index (Phi) is 15.5. The second kappa shape index (κ2) is 22.2. The summed E-state index contributed by atoms with van der Waals surface area (Å²) in [7, 11) is 0. The van der Waals surface area contributed by atoms with Gasteiger partial charge in [-0.2, -0.15) is 19.0 Å². The molecule has 0 saturated carbocycles. The Morgan fingerprint density at radius 2 is 1.42 bits per heavy atom. The number of fused-ring (bicyclic) bond motifs is 3. The minimum absolute atomic E-state index is 0.233. The highest BCUT2D eigenvalue weighted by atomic mass is 32.1. The Hall–Kier alpha value is -8.28. The van der Waals surface area contributed by atoms with Crippen LogP contribution in [0.15, 0.2) is 129 Å². The number of nitrogens with zero attached hydrogens (tertiary/aromatic N) is 8. The smallest absolute Gasteiger partial charge is 0.178 e. The van der Waals surface area contributed by atoms with E-state index in [1.807, 2.05) is 83.2 Å². The average Bonchev–Trinajstić information content (AvgIpc) is 4.25. The van der Waals surface area contributed by atoms with Crippen molar-refractivity contribution in [3.63, 3.8) is 0 Å². The fourth-order valence-electron chi connectivity index (χ4n) is 8.06. The minimum Gasteiger partial charge on any atom is -0.358 e. The molecule has 0 unspecified atom stereocenters. The molecule has 72 heavy (non-hydrogen) atoms. The molecule has 0 fully saturated rings. The van der Waals surface area contributed by atoms with Gasteiger partial charge in [0.15, 0.2) is 33.2 Å². The van der Waals surface area contributed by atoms with Gasteiger partial charge in [-0.15, -0.1) is 22.7 Å². The number of halogens is 2. The van der Waals surface area contributed by atoms with Gasteiger partial charge >= 0.3 is 0 Å². The van der Waals surface area contributed by atoms with Gasteiger partial charge in [0, 0.05) is 61.3 Å². The first kappa shape index (κ1) is 50.1. The lowest BCUT2D eigenvalue weighted by molar-refractivity contribution is 0.645.